The van der Waals surface area contributed by atoms with Crippen molar-refractivity contribution >= 4 is 5.91 Å². The molecule has 0 radical (unpaired) electrons. The highest BCUT2D eigenvalue weighted by molar-refractivity contribution is 5.76. The molecule has 1 N–H and O–H groups in total. The number of rotatable bonds is 8. The number of benzene rings is 2. The zero-order valence-corrected chi connectivity index (χ0v) is 13.3. The maximum Gasteiger partial charge on any atom is 0.220 e. The smallest absolute Gasteiger partial charge is 0.220 e. The molecule has 2 aromatic rings. The lowest BCUT2D eigenvalue weighted by Crippen LogP contribution is -2.25. The highest BCUT2D eigenvalue weighted by Crippen LogP contribution is 2.18. The van der Waals surface area contributed by atoms with E-state index in [4.69, 9.17) is 4.74 Å². The zero-order valence-electron chi connectivity index (χ0n) is 13.3. The lowest BCUT2D eigenvalue weighted by atomic mass is 10.1. The molecule has 2 rings (SSSR count). The summed E-state index contributed by atoms with van der Waals surface area (Å²) in [5.74, 6) is 0.652. The number of carbonyl (C=O) groups is 1. The van der Waals surface area contributed by atoms with Gasteiger partial charge < -0.3 is 10.1 Å². The van der Waals surface area contributed by atoms with Gasteiger partial charge in [0.05, 0.1) is 7.11 Å². The largest absolute Gasteiger partial charge is 0.496 e. The van der Waals surface area contributed by atoms with Gasteiger partial charge in [-0.05, 0) is 48.6 Å². The van der Waals surface area contributed by atoms with Gasteiger partial charge in [-0.1, -0.05) is 30.3 Å². The Kier molecular flexibility index (Phi) is 6.60. The molecule has 0 aromatic heterocycles. The fraction of sp³-hybridized carbons (Fsp3) is 0.316. The molecule has 0 saturated heterocycles. The Balaban J connectivity index is 1.66. The molecule has 1 amide bonds. The Labute approximate surface area is 136 Å². The highest BCUT2D eigenvalue weighted by Gasteiger charge is 2.04. The first-order valence-electron chi connectivity index (χ1n) is 7.82. The number of methoxy groups -OCH3 is 1. The molecule has 122 valence electrons. The third-order valence-electron chi connectivity index (χ3n) is 3.69. The predicted octanol–water partition coefficient (Wildman–Crippen LogP) is 3.52. The second-order valence-electron chi connectivity index (χ2n) is 5.39. The minimum absolute atomic E-state index is 0.0225. The molecule has 0 unspecified atom stereocenters. The van der Waals surface area contributed by atoms with Crippen molar-refractivity contribution in [1.29, 1.82) is 0 Å². The predicted molar refractivity (Wildman–Crippen MR) is 89.0 cm³/mol. The number of hydrogen-bond acceptors (Lipinski definition) is 2. The van der Waals surface area contributed by atoms with Gasteiger partial charge in [-0.2, -0.15) is 0 Å². The Morgan fingerprint density at radius 3 is 2.57 bits per heavy atom. The van der Waals surface area contributed by atoms with Crippen LogP contribution in [-0.2, 0) is 17.6 Å². The van der Waals surface area contributed by atoms with E-state index >= 15 is 0 Å². The van der Waals surface area contributed by atoms with Gasteiger partial charge in [0.1, 0.15) is 11.6 Å². The van der Waals surface area contributed by atoms with Crippen LogP contribution in [-0.4, -0.2) is 19.6 Å². The van der Waals surface area contributed by atoms with Crippen LogP contribution in [0.5, 0.6) is 5.75 Å². The summed E-state index contributed by atoms with van der Waals surface area (Å²) in [6, 6.07) is 14.2. The second kappa shape index (κ2) is 8.93. The molecule has 0 fully saturated rings. The normalized spacial score (nSPS) is 10.3. The Morgan fingerprint density at radius 2 is 1.83 bits per heavy atom. The van der Waals surface area contributed by atoms with Gasteiger partial charge in [-0.3, -0.25) is 4.79 Å². The zero-order chi connectivity index (χ0) is 16.5. The number of hydrogen-bond donors (Lipinski definition) is 1. The van der Waals surface area contributed by atoms with Crippen molar-refractivity contribution in [3.05, 3.63) is 65.5 Å². The van der Waals surface area contributed by atoms with Crippen molar-refractivity contribution in [2.24, 2.45) is 0 Å². The number of ether oxygens (including phenoxy) is 1. The second-order valence-corrected chi connectivity index (χ2v) is 5.39. The molecule has 0 spiro atoms. The van der Waals surface area contributed by atoms with E-state index in [1.165, 1.54) is 12.1 Å². The summed E-state index contributed by atoms with van der Waals surface area (Å²) in [5, 5.41) is 2.92. The lowest BCUT2D eigenvalue weighted by Gasteiger charge is -2.09. The van der Waals surface area contributed by atoms with Gasteiger partial charge in [0, 0.05) is 13.0 Å². The van der Waals surface area contributed by atoms with Gasteiger partial charge in [-0.15, -0.1) is 0 Å². The number of halogens is 1. The molecule has 4 heteroatoms. The van der Waals surface area contributed by atoms with Crippen LogP contribution in [0.3, 0.4) is 0 Å². The van der Waals surface area contributed by atoms with E-state index in [9.17, 15) is 9.18 Å². The van der Waals surface area contributed by atoms with Crippen molar-refractivity contribution in [2.45, 2.75) is 25.7 Å². The van der Waals surface area contributed by atoms with Crippen LogP contribution in [0.15, 0.2) is 48.5 Å². The maximum absolute atomic E-state index is 12.8. The van der Waals surface area contributed by atoms with Crippen molar-refractivity contribution in [1.82, 2.24) is 5.32 Å². The summed E-state index contributed by atoms with van der Waals surface area (Å²) < 4.78 is 18.1. The van der Waals surface area contributed by atoms with E-state index in [1.807, 2.05) is 24.3 Å². The van der Waals surface area contributed by atoms with Crippen LogP contribution in [0.25, 0.3) is 0 Å². The number of carbonyl (C=O) groups excluding carboxylic acids is 1. The topological polar surface area (TPSA) is 38.3 Å². The first-order valence-corrected chi connectivity index (χ1v) is 7.82. The minimum Gasteiger partial charge on any atom is -0.496 e. The number of para-hydroxylation sites is 1. The fourth-order valence-electron chi connectivity index (χ4n) is 2.41. The number of aryl methyl sites for hydroxylation is 2. The molecule has 3 nitrogen and oxygen atoms in total. The summed E-state index contributed by atoms with van der Waals surface area (Å²) in [7, 11) is 1.66. The van der Waals surface area contributed by atoms with Crippen molar-refractivity contribution < 1.29 is 13.9 Å². The SMILES string of the molecule is COc1ccccc1CCCNC(=O)CCc1ccc(F)cc1. The molecule has 0 saturated carbocycles. The van der Waals surface area contributed by atoms with Crippen LogP contribution in [0.2, 0.25) is 0 Å². The summed E-state index contributed by atoms with van der Waals surface area (Å²) >= 11 is 0. The van der Waals surface area contributed by atoms with Crippen molar-refractivity contribution in [3.8, 4) is 5.75 Å². The molecule has 23 heavy (non-hydrogen) atoms. The van der Waals surface area contributed by atoms with E-state index < -0.39 is 0 Å². The lowest BCUT2D eigenvalue weighted by molar-refractivity contribution is -0.121. The summed E-state index contributed by atoms with van der Waals surface area (Å²) in [6.07, 6.45) is 2.77. The van der Waals surface area contributed by atoms with Gasteiger partial charge in [0.15, 0.2) is 0 Å². The minimum atomic E-state index is -0.255. The highest BCUT2D eigenvalue weighted by atomic mass is 19.1. The molecule has 0 bridgehead atoms. The van der Waals surface area contributed by atoms with E-state index in [1.54, 1.807) is 19.2 Å². The van der Waals surface area contributed by atoms with Gasteiger partial charge in [0.2, 0.25) is 5.91 Å². The third kappa shape index (κ3) is 5.74. The summed E-state index contributed by atoms with van der Waals surface area (Å²) in [5.41, 5.74) is 2.12. The molecular weight excluding hydrogens is 293 g/mol. The van der Waals surface area contributed by atoms with E-state index in [2.05, 4.69) is 5.32 Å². The van der Waals surface area contributed by atoms with E-state index in [0.717, 1.165) is 29.7 Å². The van der Waals surface area contributed by atoms with Crippen LogP contribution in [0, 0.1) is 5.82 Å². The van der Waals surface area contributed by atoms with Crippen molar-refractivity contribution in [3.63, 3.8) is 0 Å². The Bertz CT molecular complexity index is 626. The average molecular weight is 315 g/mol. The van der Waals surface area contributed by atoms with E-state index in [-0.39, 0.29) is 11.7 Å². The summed E-state index contributed by atoms with van der Waals surface area (Å²) in [4.78, 5) is 11.8. The van der Waals surface area contributed by atoms with Gasteiger partial charge >= 0.3 is 0 Å². The Hall–Kier alpha value is -2.36. The first-order chi connectivity index (χ1) is 11.2. The van der Waals surface area contributed by atoms with Crippen LogP contribution in [0.1, 0.15) is 24.0 Å². The first kappa shape index (κ1) is 17.0. The maximum atomic E-state index is 12.8. The molecule has 0 heterocycles. The van der Waals surface area contributed by atoms with Crippen molar-refractivity contribution in [2.75, 3.05) is 13.7 Å². The number of amides is 1. The monoisotopic (exact) mass is 315 g/mol. The molecular formula is C19H22FNO2. The Morgan fingerprint density at radius 1 is 1.09 bits per heavy atom. The molecule has 0 aliphatic rings. The third-order valence-corrected chi connectivity index (χ3v) is 3.69. The molecule has 2 aromatic carbocycles. The molecule has 0 atom stereocenters. The van der Waals surface area contributed by atoms with E-state index in [0.29, 0.717) is 19.4 Å². The molecule has 0 aliphatic heterocycles. The average Bonchev–Trinajstić information content (AvgIpc) is 2.58. The van der Waals surface area contributed by atoms with Crippen LogP contribution >= 0.6 is 0 Å². The van der Waals surface area contributed by atoms with Gasteiger partial charge in [-0.25, -0.2) is 4.39 Å². The standard InChI is InChI=1S/C19H22FNO2/c1-23-18-7-3-2-5-16(18)6-4-14-21-19(22)13-10-15-8-11-17(20)12-9-15/h2-3,5,7-9,11-12H,4,6,10,13-14H2,1H3,(H,21,22). The summed E-state index contributed by atoms with van der Waals surface area (Å²) in [6.45, 7) is 0.639. The van der Waals surface area contributed by atoms with Crippen LogP contribution < -0.4 is 10.1 Å². The number of nitrogens with one attached hydrogen (secondary N) is 1. The van der Waals surface area contributed by atoms with Crippen LogP contribution in [0.4, 0.5) is 4.39 Å². The molecule has 0 aliphatic carbocycles. The van der Waals surface area contributed by atoms with Gasteiger partial charge in [0.25, 0.3) is 0 Å². The fourth-order valence-corrected chi connectivity index (χ4v) is 2.41. The quantitative estimate of drug-likeness (QED) is 0.757.